The Morgan fingerprint density at radius 1 is 1.11 bits per heavy atom. The van der Waals surface area contributed by atoms with Gasteiger partial charge >= 0.3 is 0 Å². The zero-order valence-corrected chi connectivity index (χ0v) is 17.4. The number of ether oxygens (including phenoxy) is 1. The summed E-state index contributed by atoms with van der Waals surface area (Å²) in [6.45, 7) is 4.20. The molecule has 0 bridgehead atoms. The molecular weight excluding hydrogens is 376 g/mol. The number of carbonyl (C=O) groups excluding carboxylic acids is 1. The molecule has 2 rings (SSSR count). The van der Waals surface area contributed by atoms with Crippen molar-refractivity contribution in [1.29, 1.82) is 0 Å². The topological polar surface area (TPSA) is 75.7 Å². The third-order valence-corrected chi connectivity index (χ3v) is 5.33. The lowest BCUT2D eigenvalue weighted by Gasteiger charge is -2.22. The molecule has 0 heterocycles. The first kappa shape index (κ1) is 21.8. The Morgan fingerprint density at radius 2 is 1.75 bits per heavy atom. The first-order valence-electron chi connectivity index (χ1n) is 9.33. The van der Waals surface area contributed by atoms with Crippen LogP contribution in [0.5, 0.6) is 5.75 Å². The fourth-order valence-electron chi connectivity index (χ4n) is 2.83. The van der Waals surface area contributed by atoms with Gasteiger partial charge in [0.2, 0.25) is 10.0 Å². The van der Waals surface area contributed by atoms with Crippen molar-refractivity contribution in [1.82, 2.24) is 5.32 Å². The molecule has 0 aromatic heterocycles. The summed E-state index contributed by atoms with van der Waals surface area (Å²) in [6.07, 6.45) is 3.11. The van der Waals surface area contributed by atoms with Gasteiger partial charge in [-0.3, -0.25) is 9.10 Å². The quantitative estimate of drug-likeness (QED) is 0.659. The minimum atomic E-state index is -3.45. The molecule has 28 heavy (non-hydrogen) atoms. The summed E-state index contributed by atoms with van der Waals surface area (Å²) in [6, 6.07) is 16.2. The molecule has 2 aromatic rings. The second-order valence-electron chi connectivity index (χ2n) is 6.80. The number of hydrogen-bond acceptors (Lipinski definition) is 4. The van der Waals surface area contributed by atoms with Crippen molar-refractivity contribution in [3.05, 3.63) is 60.2 Å². The molecule has 0 aliphatic carbocycles. The minimum absolute atomic E-state index is 0.0762. The lowest BCUT2D eigenvalue weighted by Crippen LogP contribution is -2.35. The van der Waals surface area contributed by atoms with Crippen molar-refractivity contribution < 1.29 is 17.9 Å². The smallest absolute Gasteiger partial charge is 0.258 e. The Morgan fingerprint density at radius 3 is 2.32 bits per heavy atom. The van der Waals surface area contributed by atoms with Gasteiger partial charge in [-0.15, -0.1) is 0 Å². The summed E-state index contributed by atoms with van der Waals surface area (Å²) in [5.74, 6) is 0.335. The van der Waals surface area contributed by atoms with Crippen molar-refractivity contribution >= 4 is 21.6 Å². The Bertz CT molecular complexity index is 852. The van der Waals surface area contributed by atoms with Gasteiger partial charge in [-0.2, -0.15) is 0 Å². The summed E-state index contributed by atoms with van der Waals surface area (Å²) < 4.78 is 31.3. The van der Waals surface area contributed by atoms with Crippen LogP contribution in [-0.2, 0) is 21.4 Å². The van der Waals surface area contributed by atoms with Crippen molar-refractivity contribution in [3.63, 3.8) is 0 Å². The largest absolute Gasteiger partial charge is 0.484 e. The van der Waals surface area contributed by atoms with Crippen molar-refractivity contribution in [2.75, 3.05) is 17.2 Å². The van der Waals surface area contributed by atoms with Gasteiger partial charge < -0.3 is 10.1 Å². The molecule has 152 valence electrons. The van der Waals surface area contributed by atoms with Gasteiger partial charge in [0.1, 0.15) is 5.75 Å². The third-order valence-electron chi connectivity index (χ3n) is 4.19. The van der Waals surface area contributed by atoms with Gasteiger partial charge in [-0.05, 0) is 43.2 Å². The van der Waals surface area contributed by atoms with Crippen LogP contribution in [-0.4, -0.2) is 33.2 Å². The van der Waals surface area contributed by atoms with Gasteiger partial charge in [0.25, 0.3) is 5.91 Å². The average Bonchev–Trinajstić information content (AvgIpc) is 2.65. The number of amides is 1. The Hall–Kier alpha value is -2.54. The maximum Gasteiger partial charge on any atom is 0.258 e. The van der Waals surface area contributed by atoms with E-state index in [0.717, 1.165) is 18.4 Å². The van der Waals surface area contributed by atoms with Crippen LogP contribution in [0.1, 0.15) is 32.3 Å². The van der Waals surface area contributed by atoms with Crippen LogP contribution in [0.3, 0.4) is 0 Å². The number of nitrogens with zero attached hydrogens (tertiary/aromatic N) is 1. The Kier molecular flexibility index (Phi) is 7.87. The standard InChI is InChI=1S/C21H28N2O4S/c1-4-8-17(2)22-21(24)16-27-20-13-11-19(12-14-20)23(28(3,25)26)15-18-9-6-5-7-10-18/h5-7,9-14,17H,4,8,15-16H2,1-3H3,(H,22,24)/t17-/m0/s1. The van der Waals surface area contributed by atoms with Crippen LogP contribution in [0.25, 0.3) is 0 Å². The number of rotatable bonds is 10. The maximum atomic E-state index is 12.2. The zero-order valence-electron chi connectivity index (χ0n) is 16.6. The van der Waals surface area contributed by atoms with Gasteiger partial charge in [0.15, 0.2) is 6.61 Å². The van der Waals surface area contributed by atoms with E-state index in [-0.39, 0.29) is 25.1 Å². The molecule has 1 atom stereocenters. The van der Waals surface area contributed by atoms with Crippen molar-refractivity contribution in [3.8, 4) is 5.75 Å². The van der Waals surface area contributed by atoms with Gasteiger partial charge in [-0.1, -0.05) is 43.7 Å². The van der Waals surface area contributed by atoms with Crippen LogP contribution >= 0.6 is 0 Å². The van der Waals surface area contributed by atoms with Crippen LogP contribution in [0.4, 0.5) is 5.69 Å². The first-order valence-corrected chi connectivity index (χ1v) is 11.2. The lowest BCUT2D eigenvalue weighted by molar-refractivity contribution is -0.123. The predicted octanol–water partition coefficient (Wildman–Crippen LogP) is 3.34. The van der Waals surface area contributed by atoms with E-state index in [1.165, 1.54) is 10.6 Å². The number of nitrogens with one attached hydrogen (secondary N) is 1. The Labute approximate surface area is 167 Å². The molecule has 0 spiro atoms. The molecule has 0 saturated heterocycles. The molecular formula is C21H28N2O4S. The van der Waals surface area contributed by atoms with Gasteiger partial charge in [0, 0.05) is 6.04 Å². The summed E-state index contributed by atoms with van der Waals surface area (Å²) in [7, 11) is -3.45. The molecule has 1 amide bonds. The van der Waals surface area contributed by atoms with E-state index >= 15 is 0 Å². The monoisotopic (exact) mass is 404 g/mol. The van der Waals surface area contributed by atoms with E-state index < -0.39 is 10.0 Å². The highest BCUT2D eigenvalue weighted by molar-refractivity contribution is 7.92. The van der Waals surface area contributed by atoms with E-state index in [9.17, 15) is 13.2 Å². The highest BCUT2D eigenvalue weighted by Crippen LogP contribution is 2.23. The molecule has 0 fully saturated rings. The van der Waals surface area contributed by atoms with E-state index in [4.69, 9.17) is 4.74 Å². The van der Waals surface area contributed by atoms with E-state index in [1.807, 2.05) is 37.3 Å². The fourth-order valence-corrected chi connectivity index (χ4v) is 3.72. The molecule has 7 heteroatoms. The second kappa shape index (κ2) is 10.1. The number of benzene rings is 2. The number of sulfonamides is 1. The highest BCUT2D eigenvalue weighted by atomic mass is 32.2. The molecule has 0 aliphatic heterocycles. The second-order valence-corrected chi connectivity index (χ2v) is 8.70. The van der Waals surface area contributed by atoms with E-state index in [2.05, 4.69) is 12.2 Å². The summed E-state index contributed by atoms with van der Waals surface area (Å²) in [5.41, 5.74) is 1.44. The molecule has 0 saturated carbocycles. The number of carbonyl (C=O) groups is 1. The molecule has 0 radical (unpaired) electrons. The predicted molar refractivity (Wildman–Crippen MR) is 112 cm³/mol. The zero-order chi connectivity index (χ0) is 20.6. The van der Waals surface area contributed by atoms with Crippen molar-refractivity contribution in [2.45, 2.75) is 39.3 Å². The SMILES string of the molecule is CCC[C@H](C)NC(=O)COc1ccc(N(Cc2ccccc2)S(C)(=O)=O)cc1. The summed E-state index contributed by atoms with van der Waals surface area (Å²) >= 11 is 0. The maximum absolute atomic E-state index is 12.2. The van der Waals surface area contributed by atoms with Gasteiger partial charge in [0.05, 0.1) is 18.5 Å². The normalized spacial score (nSPS) is 12.2. The van der Waals surface area contributed by atoms with Crippen LogP contribution in [0.2, 0.25) is 0 Å². The molecule has 1 N–H and O–H groups in total. The van der Waals surface area contributed by atoms with Crippen LogP contribution in [0.15, 0.2) is 54.6 Å². The van der Waals surface area contributed by atoms with Crippen LogP contribution < -0.4 is 14.4 Å². The molecule has 6 nitrogen and oxygen atoms in total. The lowest BCUT2D eigenvalue weighted by atomic mass is 10.2. The van der Waals surface area contributed by atoms with E-state index in [0.29, 0.717) is 11.4 Å². The van der Waals surface area contributed by atoms with E-state index in [1.54, 1.807) is 24.3 Å². The number of anilines is 1. The van der Waals surface area contributed by atoms with Gasteiger partial charge in [-0.25, -0.2) is 8.42 Å². The molecule has 0 aliphatic rings. The Balaban J connectivity index is 2.01. The number of hydrogen-bond donors (Lipinski definition) is 1. The first-order chi connectivity index (χ1) is 13.3. The average molecular weight is 405 g/mol. The van der Waals surface area contributed by atoms with Crippen LogP contribution in [0, 0.1) is 0 Å². The molecule has 0 unspecified atom stereocenters. The highest BCUT2D eigenvalue weighted by Gasteiger charge is 2.18. The minimum Gasteiger partial charge on any atom is -0.484 e. The fraction of sp³-hybridized carbons (Fsp3) is 0.381. The molecule has 2 aromatic carbocycles. The summed E-state index contributed by atoms with van der Waals surface area (Å²) in [4.78, 5) is 11.9. The third kappa shape index (κ3) is 6.88. The summed E-state index contributed by atoms with van der Waals surface area (Å²) in [5, 5.41) is 2.88. The van der Waals surface area contributed by atoms with Crippen molar-refractivity contribution in [2.24, 2.45) is 0 Å².